The van der Waals surface area contributed by atoms with Crippen molar-refractivity contribution >= 4 is 80.0 Å². The SMILES string of the molecule is COCCCC(=O)CC(CSSC(C)(C)CCC(=O)Nc1cc(COc2cc3c(cc2C)C(=O)N2c4ccccc4C[C@H]2C=N3)cc(COc2cc3c(cc2OC)C(=O)N2c4ccccc4C[C@H]2CC3)c1)C(=O)O. The summed E-state index contributed by atoms with van der Waals surface area (Å²) in [6, 6.07) is 29.0. The molecule has 3 atom stereocenters. The van der Waals surface area contributed by atoms with Crippen LogP contribution in [0.5, 0.6) is 17.2 Å². The van der Waals surface area contributed by atoms with Gasteiger partial charge in [-0.15, -0.1) is 0 Å². The van der Waals surface area contributed by atoms with Crippen LogP contribution in [0.15, 0.2) is 96.0 Å². The van der Waals surface area contributed by atoms with Gasteiger partial charge in [0.1, 0.15) is 24.7 Å². The molecule has 14 nitrogen and oxygen atoms in total. The molecule has 0 aliphatic carbocycles. The lowest BCUT2D eigenvalue weighted by molar-refractivity contribution is -0.142. The summed E-state index contributed by atoms with van der Waals surface area (Å²) in [5, 5.41) is 12.9. The number of Topliss-reactive ketones (excluding diaryl/α,β-unsaturated/α-hetero) is 1. The lowest BCUT2D eigenvalue weighted by atomic mass is 9.99. The minimum Gasteiger partial charge on any atom is -0.493 e. The molecule has 5 aromatic carbocycles. The molecule has 3 amide bonds. The van der Waals surface area contributed by atoms with Crippen molar-refractivity contribution in [2.45, 2.75) is 109 Å². The summed E-state index contributed by atoms with van der Waals surface area (Å²) < 4.78 is 23.5. The van der Waals surface area contributed by atoms with Crippen LogP contribution in [0, 0.1) is 12.8 Å². The molecule has 9 rings (SSSR count). The number of amides is 3. The Bertz CT molecular complexity index is 3010. The zero-order valence-electron chi connectivity index (χ0n) is 42.4. The molecule has 74 heavy (non-hydrogen) atoms. The second-order valence-corrected chi connectivity index (χ2v) is 23.1. The van der Waals surface area contributed by atoms with E-state index in [1.54, 1.807) is 20.3 Å². The summed E-state index contributed by atoms with van der Waals surface area (Å²) in [5.41, 5.74) is 9.49. The fourth-order valence-corrected chi connectivity index (χ4v) is 13.1. The van der Waals surface area contributed by atoms with Crippen LogP contribution in [0.25, 0.3) is 0 Å². The number of para-hydroxylation sites is 2. The Kier molecular flexibility index (Phi) is 16.2. The molecule has 2 N–H and O–H groups in total. The molecule has 0 aromatic heterocycles. The number of ketones is 1. The summed E-state index contributed by atoms with van der Waals surface area (Å²) in [6.45, 7) is 6.61. The molecule has 0 spiro atoms. The third kappa shape index (κ3) is 11.8. The van der Waals surface area contributed by atoms with Crippen molar-refractivity contribution in [3.8, 4) is 17.2 Å². The number of rotatable bonds is 22. The molecule has 1 unspecified atom stereocenters. The number of carbonyl (C=O) groups is 5. The molecule has 0 saturated heterocycles. The number of anilines is 3. The normalized spacial score (nSPS) is 16.7. The van der Waals surface area contributed by atoms with Gasteiger partial charge in [-0.05, 0) is 135 Å². The number of hydrogen-bond acceptors (Lipinski definition) is 12. The molecular formula is C58H62N4O10S2. The molecule has 386 valence electrons. The first kappa shape index (κ1) is 52.3. The van der Waals surface area contributed by atoms with Crippen molar-refractivity contribution in [3.05, 3.63) is 136 Å². The summed E-state index contributed by atoms with van der Waals surface area (Å²) in [6.07, 6.45) is 6.36. The highest BCUT2D eigenvalue weighted by molar-refractivity contribution is 8.77. The van der Waals surface area contributed by atoms with Gasteiger partial charge in [0.15, 0.2) is 11.5 Å². The molecule has 0 bridgehead atoms. The maximum absolute atomic E-state index is 14.2. The summed E-state index contributed by atoms with van der Waals surface area (Å²) in [5.74, 6) is -0.496. The van der Waals surface area contributed by atoms with E-state index >= 15 is 0 Å². The fraction of sp³-hybridized carbons (Fsp3) is 0.379. The van der Waals surface area contributed by atoms with Crippen molar-refractivity contribution in [3.63, 3.8) is 0 Å². The third-order valence-electron chi connectivity index (χ3n) is 14.1. The molecule has 16 heteroatoms. The van der Waals surface area contributed by atoms with Crippen LogP contribution >= 0.6 is 21.6 Å². The number of methoxy groups -OCH3 is 2. The molecule has 0 saturated carbocycles. The van der Waals surface area contributed by atoms with Crippen LogP contribution in [0.1, 0.15) is 106 Å². The van der Waals surface area contributed by atoms with E-state index in [0.29, 0.717) is 72.0 Å². The minimum absolute atomic E-state index is 0.0267. The first-order chi connectivity index (χ1) is 35.7. The van der Waals surface area contributed by atoms with Crippen molar-refractivity contribution in [1.29, 1.82) is 0 Å². The van der Waals surface area contributed by atoms with Gasteiger partial charge in [-0.2, -0.15) is 0 Å². The Hall–Kier alpha value is -6.62. The number of benzene rings is 5. The smallest absolute Gasteiger partial charge is 0.307 e. The monoisotopic (exact) mass is 1040 g/mol. The zero-order valence-corrected chi connectivity index (χ0v) is 44.1. The molecular weight excluding hydrogens is 977 g/mol. The number of carbonyl (C=O) groups excluding carboxylic acids is 4. The highest BCUT2D eigenvalue weighted by Gasteiger charge is 2.39. The average Bonchev–Trinajstić information content (AvgIpc) is 3.88. The van der Waals surface area contributed by atoms with Gasteiger partial charge < -0.3 is 34.3 Å². The number of carboxylic acid groups (broad SMARTS) is 1. The Labute approximate surface area is 440 Å². The highest BCUT2D eigenvalue weighted by Crippen LogP contribution is 2.43. The van der Waals surface area contributed by atoms with E-state index in [1.807, 2.05) is 116 Å². The fourth-order valence-electron chi connectivity index (χ4n) is 10.2. The highest BCUT2D eigenvalue weighted by atomic mass is 33.1. The van der Waals surface area contributed by atoms with Crippen LogP contribution in [-0.2, 0) is 51.6 Å². The number of hydrogen-bond donors (Lipinski definition) is 2. The number of aryl methyl sites for hydroxylation is 2. The van der Waals surface area contributed by atoms with E-state index in [1.165, 1.54) is 27.2 Å². The second kappa shape index (κ2) is 22.9. The number of aliphatic carboxylic acids is 1. The van der Waals surface area contributed by atoms with E-state index in [9.17, 15) is 29.1 Å². The van der Waals surface area contributed by atoms with Gasteiger partial charge in [0, 0.05) is 90.8 Å². The first-order valence-electron chi connectivity index (χ1n) is 25.1. The predicted molar refractivity (Wildman–Crippen MR) is 291 cm³/mol. The maximum Gasteiger partial charge on any atom is 0.307 e. The minimum atomic E-state index is -1.00. The van der Waals surface area contributed by atoms with Crippen LogP contribution in [-0.4, -0.2) is 84.2 Å². The number of carboxylic acids is 1. The summed E-state index contributed by atoms with van der Waals surface area (Å²) in [7, 11) is 6.04. The Balaban J connectivity index is 0.904. The summed E-state index contributed by atoms with van der Waals surface area (Å²) >= 11 is 0. The first-order valence-corrected chi connectivity index (χ1v) is 27.5. The van der Waals surface area contributed by atoms with Crippen LogP contribution in [0.3, 0.4) is 0 Å². The largest absolute Gasteiger partial charge is 0.493 e. The lowest BCUT2D eigenvalue weighted by Crippen LogP contribution is -2.37. The van der Waals surface area contributed by atoms with Gasteiger partial charge in [0.25, 0.3) is 11.8 Å². The Morgan fingerprint density at radius 2 is 1.50 bits per heavy atom. The molecule has 4 aliphatic heterocycles. The van der Waals surface area contributed by atoms with E-state index in [0.717, 1.165) is 52.0 Å². The molecule has 4 heterocycles. The van der Waals surface area contributed by atoms with Gasteiger partial charge in [0.05, 0.1) is 30.3 Å². The lowest BCUT2D eigenvalue weighted by Gasteiger charge is -2.24. The average molecular weight is 1040 g/mol. The van der Waals surface area contributed by atoms with Crippen LogP contribution in [0.4, 0.5) is 22.7 Å². The Morgan fingerprint density at radius 1 is 0.811 bits per heavy atom. The van der Waals surface area contributed by atoms with Crippen molar-refractivity contribution in [2.75, 3.05) is 41.7 Å². The molecule has 4 aliphatic rings. The number of fused-ring (bicyclic) bond motifs is 8. The van der Waals surface area contributed by atoms with Crippen molar-refractivity contribution < 1.29 is 48.0 Å². The number of ether oxygens (including phenoxy) is 4. The van der Waals surface area contributed by atoms with E-state index < -0.39 is 11.9 Å². The van der Waals surface area contributed by atoms with Crippen LogP contribution < -0.4 is 29.3 Å². The molecule has 0 fully saturated rings. The van der Waals surface area contributed by atoms with Gasteiger partial charge in [-0.3, -0.25) is 33.9 Å². The topological polar surface area (TPSA) is 173 Å². The van der Waals surface area contributed by atoms with Gasteiger partial charge >= 0.3 is 5.97 Å². The standard InChI is InChI=1S/C58H62N4O10S2/c1-35-21-47-48(59-31-44-26-40-12-7-9-15-50(40)62(44)56(47)66)30-51(35)71-32-36-22-37(24-42(23-36)60-54(64)18-19-58(2,3)74-73-34-41(57(67)68)27-45(63)13-10-20-69-4)33-72-53-28-38-16-17-43-25-39-11-6-8-14-49(39)61(43)55(65)46(38)29-52(53)70-5/h6-9,11-12,14-15,21-24,28-31,41,43-44H,10,13,16-20,25-27,32-34H2,1-5H3,(H,60,64)(H,67,68)/t41?,43-,44+/m1/s1. The molecule has 0 radical (unpaired) electrons. The van der Waals surface area contributed by atoms with Crippen molar-refractivity contribution in [2.24, 2.45) is 10.9 Å². The Morgan fingerprint density at radius 3 is 2.22 bits per heavy atom. The van der Waals surface area contributed by atoms with Crippen LogP contribution in [0.2, 0.25) is 0 Å². The van der Waals surface area contributed by atoms with Gasteiger partial charge in [-0.1, -0.05) is 58.0 Å². The van der Waals surface area contributed by atoms with Crippen molar-refractivity contribution in [1.82, 2.24) is 0 Å². The van der Waals surface area contributed by atoms with E-state index in [4.69, 9.17) is 23.9 Å². The third-order valence-corrected chi connectivity index (χ3v) is 17.5. The van der Waals surface area contributed by atoms with Gasteiger partial charge in [-0.25, -0.2) is 0 Å². The molecule has 5 aromatic rings. The van der Waals surface area contributed by atoms with E-state index in [2.05, 4.69) is 11.4 Å². The second-order valence-electron chi connectivity index (χ2n) is 20.0. The summed E-state index contributed by atoms with van der Waals surface area (Å²) in [4.78, 5) is 74.9. The zero-order chi connectivity index (χ0) is 52.1. The number of nitrogens with one attached hydrogen (secondary N) is 1. The predicted octanol–water partition coefficient (Wildman–Crippen LogP) is 10.9. The van der Waals surface area contributed by atoms with Gasteiger partial charge in [0.2, 0.25) is 5.91 Å². The quantitative estimate of drug-likeness (QED) is 0.0497. The maximum atomic E-state index is 14.2. The van der Waals surface area contributed by atoms with E-state index in [-0.39, 0.29) is 78.6 Å². The number of aliphatic imine (C=N–C) groups is 1. The number of nitrogens with zero attached hydrogens (tertiary/aromatic N) is 3.